The number of hydrogen-bond acceptors (Lipinski definition) is 12. The SMILES string of the molecule is CC.CCCC(N)CCNc1nc(Oc2cnc(C)nc2)nc2[nH]c3c(N(C)C(=O)OCOC(=O)CN(C)C)cc(F)cc3c12. The minimum Gasteiger partial charge on any atom is -0.427 e. The Balaban J connectivity index is 0.00000271. The molecule has 0 aliphatic heterocycles. The number of carbonyl (C=O) groups excluding carboxylic acids is 2. The van der Waals surface area contributed by atoms with Gasteiger partial charge in [-0.1, -0.05) is 27.2 Å². The zero-order valence-corrected chi connectivity index (χ0v) is 26.8. The van der Waals surface area contributed by atoms with E-state index in [9.17, 15) is 14.0 Å². The van der Waals surface area contributed by atoms with Gasteiger partial charge in [0.05, 0.1) is 35.5 Å². The summed E-state index contributed by atoms with van der Waals surface area (Å²) in [7, 11) is 4.82. The number of carbonyl (C=O) groups is 2. The van der Waals surface area contributed by atoms with Gasteiger partial charge < -0.3 is 30.2 Å². The van der Waals surface area contributed by atoms with Gasteiger partial charge in [0.2, 0.25) is 6.79 Å². The van der Waals surface area contributed by atoms with Gasteiger partial charge in [-0.2, -0.15) is 9.97 Å². The van der Waals surface area contributed by atoms with Gasteiger partial charge in [0.15, 0.2) is 5.75 Å². The molecule has 0 aliphatic carbocycles. The fourth-order valence-corrected chi connectivity index (χ4v) is 4.34. The van der Waals surface area contributed by atoms with Crippen molar-refractivity contribution in [3.8, 4) is 11.8 Å². The molecule has 45 heavy (non-hydrogen) atoms. The molecule has 1 atom stereocenters. The molecule has 0 saturated heterocycles. The second-order valence-electron chi connectivity index (χ2n) is 10.2. The molecule has 4 rings (SSSR count). The highest BCUT2D eigenvalue weighted by atomic mass is 19.1. The molecule has 0 radical (unpaired) electrons. The van der Waals surface area contributed by atoms with Gasteiger partial charge in [-0.15, -0.1) is 0 Å². The zero-order chi connectivity index (χ0) is 33.1. The number of aromatic amines is 1. The lowest BCUT2D eigenvalue weighted by Gasteiger charge is -2.18. The number of fused-ring (bicyclic) bond motifs is 3. The van der Waals surface area contributed by atoms with Crippen LogP contribution in [0.1, 0.15) is 45.9 Å². The lowest BCUT2D eigenvalue weighted by molar-refractivity contribution is -0.152. The Labute approximate surface area is 261 Å². The summed E-state index contributed by atoms with van der Waals surface area (Å²) in [5.41, 5.74) is 7.11. The maximum Gasteiger partial charge on any atom is 0.416 e. The fourth-order valence-electron chi connectivity index (χ4n) is 4.34. The maximum atomic E-state index is 15.0. The summed E-state index contributed by atoms with van der Waals surface area (Å²) >= 11 is 0. The van der Waals surface area contributed by atoms with Crippen molar-refractivity contribution in [3.63, 3.8) is 0 Å². The molecule has 14 nitrogen and oxygen atoms in total. The molecule has 0 saturated carbocycles. The standard InChI is InChI=1S/C28H36FN9O5.C2H6/c1-6-7-18(30)8-9-31-25-23-20-10-17(29)11-21(38(5)28(40)42-15-41-22(39)14-37(3)4)24(20)34-26(23)36-27(35-25)43-19-12-32-16(2)33-13-19;1-2/h10-13,18H,6-9,14-15,30H2,1-5H3,(H2,31,34,35,36);1-2H3. The summed E-state index contributed by atoms with van der Waals surface area (Å²) in [5.74, 6) is 0.131. The number of ether oxygens (including phenoxy) is 3. The number of amides is 1. The first-order chi connectivity index (χ1) is 21.5. The number of nitrogens with zero attached hydrogens (tertiary/aromatic N) is 6. The summed E-state index contributed by atoms with van der Waals surface area (Å²) < 4.78 is 30.9. The van der Waals surface area contributed by atoms with Crippen LogP contribution in [0.4, 0.5) is 20.7 Å². The first-order valence-electron chi connectivity index (χ1n) is 14.8. The number of aromatic nitrogens is 5. The van der Waals surface area contributed by atoms with E-state index in [4.69, 9.17) is 19.9 Å². The zero-order valence-electron chi connectivity index (χ0n) is 26.8. The van der Waals surface area contributed by atoms with Crippen LogP contribution in [0, 0.1) is 12.7 Å². The summed E-state index contributed by atoms with van der Waals surface area (Å²) in [6.07, 6.45) is 4.67. The number of likely N-dealkylation sites (N-methyl/N-ethyl adjacent to an activating group) is 1. The van der Waals surface area contributed by atoms with E-state index in [0.717, 1.165) is 17.7 Å². The molecular formula is C30H42FN9O5. The van der Waals surface area contributed by atoms with Gasteiger partial charge >= 0.3 is 18.1 Å². The van der Waals surface area contributed by atoms with E-state index in [1.54, 1.807) is 25.9 Å². The number of nitrogens with two attached hydrogens (primary N) is 1. The number of rotatable bonds is 13. The third-order valence-electron chi connectivity index (χ3n) is 6.40. The van der Waals surface area contributed by atoms with Gasteiger partial charge in [-0.3, -0.25) is 14.6 Å². The average molecular weight is 628 g/mol. The number of H-pyrrole nitrogens is 1. The first kappa shape index (κ1) is 34.9. The summed E-state index contributed by atoms with van der Waals surface area (Å²) in [6, 6.07) is 2.51. The molecule has 4 aromatic rings. The minimum absolute atomic E-state index is 0.00110. The Bertz CT molecular complexity index is 1580. The molecule has 244 valence electrons. The van der Waals surface area contributed by atoms with Crippen molar-refractivity contribution in [2.75, 3.05) is 51.2 Å². The molecule has 0 aliphatic rings. The number of aryl methyl sites for hydroxylation is 1. The molecule has 1 amide bonds. The van der Waals surface area contributed by atoms with Crippen LogP contribution in [0.3, 0.4) is 0 Å². The van der Waals surface area contributed by atoms with E-state index in [1.807, 2.05) is 13.8 Å². The van der Waals surface area contributed by atoms with Gasteiger partial charge in [0.25, 0.3) is 0 Å². The molecule has 1 aromatic carbocycles. The number of anilines is 2. The van der Waals surface area contributed by atoms with Crippen molar-refractivity contribution in [1.29, 1.82) is 0 Å². The predicted octanol–water partition coefficient (Wildman–Crippen LogP) is 4.73. The highest BCUT2D eigenvalue weighted by molar-refractivity contribution is 6.15. The van der Waals surface area contributed by atoms with Crippen molar-refractivity contribution < 1.29 is 28.2 Å². The van der Waals surface area contributed by atoms with E-state index >= 15 is 0 Å². The smallest absolute Gasteiger partial charge is 0.416 e. The maximum absolute atomic E-state index is 15.0. The number of benzene rings is 1. The highest BCUT2D eigenvalue weighted by Crippen LogP contribution is 2.37. The van der Waals surface area contributed by atoms with Gasteiger partial charge in [-0.05, 0) is 46.0 Å². The van der Waals surface area contributed by atoms with E-state index in [0.29, 0.717) is 52.3 Å². The van der Waals surface area contributed by atoms with Crippen molar-refractivity contribution in [2.24, 2.45) is 5.73 Å². The van der Waals surface area contributed by atoms with Crippen LogP contribution in [0.2, 0.25) is 0 Å². The number of halogens is 1. The van der Waals surface area contributed by atoms with Gasteiger partial charge in [-0.25, -0.2) is 19.2 Å². The van der Waals surface area contributed by atoms with Crippen molar-refractivity contribution in [1.82, 2.24) is 29.8 Å². The first-order valence-corrected chi connectivity index (χ1v) is 14.8. The Morgan fingerprint density at radius 3 is 2.47 bits per heavy atom. The number of hydrogen-bond donors (Lipinski definition) is 3. The van der Waals surface area contributed by atoms with Crippen molar-refractivity contribution in [3.05, 3.63) is 36.2 Å². The van der Waals surface area contributed by atoms with Crippen LogP contribution in [0.15, 0.2) is 24.5 Å². The second kappa shape index (κ2) is 16.4. The van der Waals surface area contributed by atoms with Crippen LogP contribution in [0.25, 0.3) is 21.9 Å². The molecule has 15 heteroatoms. The second-order valence-corrected chi connectivity index (χ2v) is 10.2. The van der Waals surface area contributed by atoms with Crippen LogP contribution in [0.5, 0.6) is 11.8 Å². The molecule has 0 fully saturated rings. The predicted molar refractivity (Wildman–Crippen MR) is 170 cm³/mol. The normalized spacial score (nSPS) is 11.6. The Morgan fingerprint density at radius 2 is 1.80 bits per heavy atom. The molecule has 4 N–H and O–H groups in total. The molecular weight excluding hydrogens is 585 g/mol. The molecule has 1 unspecified atom stereocenters. The van der Waals surface area contributed by atoms with E-state index < -0.39 is 24.7 Å². The van der Waals surface area contributed by atoms with E-state index in [-0.39, 0.29) is 24.3 Å². The Kier molecular flexibility index (Phi) is 12.7. The number of nitrogens with one attached hydrogen (secondary N) is 2. The van der Waals surface area contributed by atoms with Crippen molar-refractivity contribution >= 4 is 45.5 Å². The Morgan fingerprint density at radius 1 is 1.09 bits per heavy atom. The molecule has 0 bridgehead atoms. The lowest BCUT2D eigenvalue weighted by Crippen LogP contribution is -2.30. The monoisotopic (exact) mass is 627 g/mol. The summed E-state index contributed by atoms with van der Waals surface area (Å²) in [5, 5.41) is 4.21. The third kappa shape index (κ3) is 9.43. The quantitative estimate of drug-likeness (QED) is 0.138. The molecule has 3 heterocycles. The topological polar surface area (TPSA) is 174 Å². The fraction of sp³-hybridized carbons (Fsp3) is 0.467. The van der Waals surface area contributed by atoms with E-state index in [2.05, 4.69) is 37.2 Å². The summed E-state index contributed by atoms with van der Waals surface area (Å²) in [6.45, 7) is 7.75. The van der Waals surface area contributed by atoms with Crippen molar-refractivity contribution in [2.45, 2.75) is 53.0 Å². The third-order valence-corrected chi connectivity index (χ3v) is 6.40. The number of esters is 1. The van der Waals surface area contributed by atoms with Crippen LogP contribution >= 0.6 is 0 Å². The average Bonchev–Trinajstić information content (AvgIpc) is 3.36. The largest absolute Gasteiger partial charge is 0.427 e. The minimum atomic E-state index is -0.860. The van der Waals surface area contributed by atoms with Gasteiger partial charge in [0, 0.05) is 25.0 Å². The summed E-state index contributed by atoms with van der Waals surface area (Å²) in [4.78, 5) is 47.8. The van der Waals surface area contributed by atoms with Crippen LogP contribution < -0.4 is 20.7 Å². The van der Waals surface area contributed by atoms with Crippen LogP contribution in [-0.4, -0.2) is 88.9 Å². The van der Waals surface area contributed by atoms with Crippen LogP contribution in [-0.2, 0) is 14.3 Å². The molecule has 0 spiro atoms. The van der Waals surface area contributed by atoms with Gasteiger partial charge in [0.1, 0.15) is 23.1 Å². The Hall–Kier alpha value is -4.63. The lowest BCUT2D eigenvalue weighted by atomic mass is 10.1. The molecule has 3 aromatic heterocycles. The van der Waals surface area contributed by atoms with E-state index in [1.165, 1.54) is 31.6 Å². The highest BCUT2D eigenvalue weighted by Gasteiger charge is 2.23.